The second kappa shape index (κ2) is 7.83. The van der Waals surface area contributed by atoms with Crippen LogP contribution >= 0.6 is 0 Å². The largest absolute Gasteiger partial charge is 0.390 e. The molecule has 0 spiro atoms. The molecule has 0 aliphatic heterocycles. The molecule has 20 heavy (non-hydrogen) atoms. The highest BCUT2D eigenvalue weighted by Crippen LogP contribution is 2.32. The van der Waals surface area contributed by atoms with E-state index in [1.807, 2.05) is 0 Å². The van der Waals surface area contributed by atoms with Crippen molar-refractivity contribution in [1.29, 1.82) is 0 Å². The minimum atomic E-state index is -0.433. The summed E-state index contributed by atoms with van der Waals surface area (Å²) in [7, 11) is 0. The molecule has 0 saturated carbocycles. The molecule has 0 bridgehead atoms. The molecule has 1 aromatic rings. The van der Waals surface area contributed by atoms with E-state index >= 15 is 0 Å². The zero-order valence-corrected chi connectivity index (χ0v) is 13.0. The van der Waals surface area contributed by atoms with Crippen molar-refractivity contribution in [3.05, 3.63) is 35.4 Å². The van der Waals surface area contributed by atoms with Crippen LogP contribution in [-0.4, -0.2) is 10.7 Å². The molecule has 0 heterocycles. The maximum Gasteiger partial charge on any atom is 0.0691 e. The van der Waals surface area contributed by atoms with Crippen molar-refractivity contribution in [2.75, 3.05) is 0 Å². The van der Waals surface area contributed by atoms with Crippen LogP contribution in [0.3, 0.4) is 0 Å². The number of unbranched alkanes of at least 4 members (excludes halogenated alkanes) is 6. The maximum absolute atomic E-state index is 10.8. The van der Waals surface area contributed by atoms with Crippen LogP contribution in [0.25, 0.3) is 0 Å². The zero-order valence-electron chi connectivity index (χ0n) is 13.0. The number of hydrogen-bond acceptors (Lipinski definition) is 1. The fraction of sp³-hybridized carbons (Fsp3) is 0.684. The summed E-state index contributed by atoms with van der Waals surface area (Å²) in [4.78, 5) is 0. The number of aryl methyl sites for hydroxylation is 1. The Bertz CT molecular complexity index is 399. The van der Waals surface area contributed by atoms with E-state index in [4.69, 9.17) is 0 Å². The number of hydrogen-bond donors (Lipinski definition) is 1. The first-order chi connectivity index (χ1) is 9.73. The van der Waals surface area contributed by atoms with Gasteiger partial charge in [-0.15, -0.1) is 0 Å². The molecule has 0 radical (unpaired) electrons. The van der Waals surface area contributed by atoms with E-state index in [1.54, 1.807) is 0 Å². The van der Waals surface area contributed by atoms with E-state index in [2.05, 4.69) is 31.2 Å². The lowest BCUT2D eigenvalue weighted by atomic mass is 9.78. The van der Waals surface area contributed by atoms with E-state index in [-0.39, 0.29) is 0 Å². The third-order valence-corrected chi connectivity index (χ3v) is 4.74. The highest BCUT2D eigenvalue weighted by molar-refractivity contribution is 5.31. The Kier molecular flexibility index (Phi) is 6.09. The topological polar surface area (TPSA) is 20.2 Å². The molecule has 1 N–H and O–H groups in total. The molecule has 1 atom stereocenters. The lowest BCUT2D eigenvalue weighted by Gasteiger charge is -2.33. The quantitative estimate of drug-likeness (QED) is 0.658. The Hall–Kier alpha value is -0.820. The van der Waals surface area contributed by atoms with E-state index in [1.165, 1.54) is 56.1 Å². The van der Waals surface area contributed by atoms with Crippen molar-refractivity contribution in [3.63, 3.8) is 0 Å². The number of fused-ring (bicyclic) bond motifs is 1. The average molecular weight is 274 g/mol. The van der Waals surface area contributed by atoms with Gasteiger partial charge in [-0.25, -0.2) is 0 Å². The summed E-state index contributed by atoms with van der Waals surface area (Å²) >= 11 is 0. The van der Waals surface area contributed by atoms with Crippen molar-refractivity contribution in [2.24, 2.45) is 0 Å². The summed E-state index contributed by atoms with van der Waals surface area (Å²) in [5, 5.41) is 10.8. The summed E-state index contributed by atoms with van der Waals surface area (Å²) in [5.74, 6) is 0. The van der Waals surface area contributed by atoms with Gasteiger partial charge in [-0.05, 0) is 30.4 Å². The average Bonchev–Trinajstić information content (AvgIpc) is 2.46. The molecular weight excluding hydrogens is 244 g/mol. The third-order valence-electron chi connectivity index (χ3n) is 4.74. The maximum atomic E-state index is 10.8. The molecule has 1 unspecified atom stereocenters. The Labute approximate surface area is 124 Å². The number of benzene rings is 1. The molecule has 0 fully saturated rings. The van der Waals surface area contributed by atoms with Crippen LogP contribution < -0.4 is 0 Å². The van der Waals surface area contributed by atoms with Crippen LogP contribution in [0.2, 0.25) is 0 Å². The second-order valence-electron chi connectivity index (χ2n) is 6.54. The Morgan fingerprint density at radius 1 is 0.950 bits per heavy atom. The third kappa shape index (κ3) is 4.63. The molecule has 1 aromatic carbocycles. The first-order valence-corrected chi connectivity index (χ1v) is 8.53. The van der Waals surface area contributed by atoms with Crippen LogP contribution in [0.5, 0.6) is 0 Å². The number of rotatable bonds is 8. The SMILES string of the molecule is CCCCCCCCCC1(O)CCc2ccccc2C1. The van der Waals surface area contributed by atoms with Gasteiger partial charge in [0.1, 0.15) is 0 Å². The minimum Gasteiger partial charge on any atom is -0.390 e. The second-order valence-corrected chi connectivity index (χ2v) is 6.54. The lowest BCUT2D eigenvalue weighted by Crippen LogP contribution is -2.35. The molecule has 2 rings (SSSR count). The number of aliphatic hydroxyl groups is 1. The van der Waals surface area contributed by atoms with E-state index < -0.39 is 5.60 Å². The fourth-order valence-corrected chi connectivity index (χ4v) is 3.41. The molecule has 1 nitrogen and oxygen atoms in total. The van der Waals surface area contributed by atoms with E-state index in [0.717, 1.165) is 25.7 Å². The molecule has 1 aliphatic carbocycles. The van der Waals surface area contributed by atoms with Gasteiger partial charge in [0.2, 0.25) is 0 Å². The van der Waals surface area contributed by atoms with Crippen molar-refractivity contribution in [1.82, 2.24) is 0 Å². The zero-order chi connectivity index (χ0) is 14.3. The van der Waals surface area contributed by atoms with Crippen molar-refractivity contribution < 1.29 is 5.11 Å². The van der Waals surface area contributed by atoms with Crippen LogP contribution in [0.1, 0.15) is 75.8 Å². The smallest absolute Gasteiger partial charge is 0.0691 e. The fourth-order valence-electron chi connectivity index (χ4n) is 3.41. The molecule has 112 valence electrons. The summed E-state index contributed by atoms with van der Waals surface area (Å²) in [5.41, 5.74) is 2.37. The van der Waals surface area contributed by atoms with Crippen LogP contribution in [0.4, 0.5) is 0 Å². The van der Waals surface area contributed by atoms with Crippen LogP contribution in [0.15, 0.2) is 24.3 Å². The van der Waals surface area contributed by atoms with Crippen molar-refractivity contribution in [3.8, 4) is 0 Å². The van der Waals surface area contributed by atoms with Gasteiger partial charge < -0.3 is 5.11 Å². The van der Waals surface area contributed by atoms with Gasteiger partial charge >= 0.3 is 0 Å². The summed E-state index contributed by atoms with van der Waals surface area (Å²) < 4.78 is 0. The van der Waals surface area contributed by atoms with Gasteiger partial charge in [-0.3, -0.25) is 0 Å². The van der Waals surface area contributed by atoms with Gasteiger partial charge in [0.25, 0.3) is 0 Å². The Balaban J connectivity index is 1.68. The van der Waals surface area contributed by atoms with Crippen LogP contribution in [-0.2, 0) is 12.8 Å². The van der Waals surface area contributed by atoms with Crippen molar-refractivity contribution >= 4 is 0 Å². The summed E-state index contributed by atoms with van der Waals surface area (Å²) in [6, 6.07) is 8.60. The molecule has 0 saturated heterocycles. The highest BCUT2D eigenvalue weighted by Gasteiger charge is 2.31. The minimum absolute atomic E-state index is 0.433. The molecule has 1 aliphatic rings. The highest BCUT2D eigenvalue weighted by atomic mass is 16.3. The monoisotopic (exact) mass is 274 g/mol. The molecule has 0 aromatic heterocycles. The molecular formula is C19H30O. The van der Waals surface area contributed by atoms with E-state index in [9.17, 15) is 5.11 Å². The lowest BCUT2D eigenvalue weighted by molar-refractivity contribution is 0.0154. The van der Waals surface area contributed by atoms with Gasteiger partial charge in [-0.1, -0.05) is 76.1 Å². The van der Waals surface area contributed by atoms with Gasteiger partial charge in [0, 0.05) is 6.42 Å². The predicted octanol–water partition coefficient (Wildman–Crippen LogP) is 5.05. The first-order valence-electron chi connectivity index (χ1n) is 8.53. The van der Waals surface area contributed by atoms with Gasteiger partial charge in [0.05, 0.1) is 5.60 Å². The van der Waals surface area contributed by atoms with Crippen molar-refractivity contribution in [2.45, 2.75) is 83.2 Å². The standard InChI is InChI=1S/C19H30O/c1-2-3-4-5-6-7-10-14-19(20)15-13-17-11-8-9-12-18(17)16-19/h8-9,11-12,20H,2-7,10,13-16H2,1H3. The Morgan fingerprint density at radius 2 is 1.60 bits per heavy atom. The van der Waals surface area contributed by atoms with E-state index in [0.29, 0.717) is 0 Å². The van der Waals surface area contributed by atoms with Crippen LogP contribution in [0, 0.1) is 0 Å². The van der Waals surface area contributed by atoms with Gasteiger partial charge in [0.15, 0.2) is 0 Å². The molecule has 0 amide bonds. The molecule has 1 heteroatoms. The first kappa shape index (κ1) is 15.6. The summed E-state index contributed by atoms with van der Waals surface area (Å²) in [6.07, 6.45) is 13.1. The summed E-state index contributed by atoms with van der Waals surface area (Å²) in [6.45, 7) is 2.26. The normalized spacial score (nSPS) is 21.7. The van der Waals surface area contributed by atoms with Gasteiger partial charge in [-0.2, -0.15) is 0 Å². The predicted molar refractivity (Wildman–Crippen MR) is 86.0 cm³/mol. The Morgan fingerprint density at radius 3 is 2.35 bits per heavy atom.